The molecule has 0 aliphatic heterocycles. The fraction of sp³-hybridized carbons (Fsp3) is 0.278. The monoisotopic (exact) mass is 293 g/mol. The molecule has 0 aliphatic rings. The van der Waals surface area contributed by atoms with Crippen molar-refractivity contribution in [3.63, 3.8) is 0 Å². The van der Waals surface area contributed by atoms with Crippen LogP contribution in [0.25, 0.3) is 27.6 Å². The zero-order chi connectivity index (χ0) is 15.6. The number of nitrogens with zero attached hydrogens (tertiary/aromatic N) is 3. The van der Waals surface area contributed by atoms with Crippen molar-refractivity contribution in [2.45, 2.75) is 27.7 Å². The fourth-order valence-electron chi connectivity index (χ4n) is 3.36. The van der Waals surface area contributed by atoms with Crippen LogP contribution in [0.15, 0.2) is 28.8 Å². The Labute approximate surface area is 129 Å². The number of rotatable bonds is 1. The number of hydrogen-bond acceptors (Lipinski definition) is 2. The van der Waals surface area contributed by atoms with Crippen LogP contribution < -0.4 is 0 Å². The van der Waals surface area contributed by atoms with E-state index >= 15 is 0 Å². The Morgan fingerprint density at radius 2 is 1.73 bits per heavy atom. The number of aromatic nitrogens is 3. The zero-order valence-corrected chi connectivity index (χ0v) is 13.6. The molecule has 22 heavy (non-hydrogen) atoms. The third-order valence-electron chi connectivity index (χ3n) is 4.68. The largest absolute Gasteiger partial charge is 0.461 e. The highest BCUT2D eigenvalue weighted by Crippen LogP contribution is 2.33. The highest BCUT2D eigenvalue weighted by Gasteiger charge is 2.17. The molecule has 0 saturated heterocycles. The van der Waals surface area contributed by atoms with Crippen molar-refractivity contribution < 1.29 is 4.42 Å². The van der Waals surface area contributed by atoms with Gasteiger partial charge in [0.25, 0.3) is 0 Å². The van der Waals surface area contributed by atoms with E-state index in [-0.39, 0.29) is 0 Å². The number of furan rings is 1. The predicted molar refractivity (Wildman–Crippen MR) is 88.3 cm³/mol. The summed E-state index contributed by atoms with van der Waals surface area (Å²) in [5.41, 5.74) is 5.78. The summed E-state index contributed by atoms with van der Waals surface area (Å²) in [6.45, 7) is 8.36. The van der Waals surface area contributed by atoms with Crippen LogP contribution >= 0.6 is 0 Å². The van der Waals surface area contributed by atoms with Crippen LogP contribution in [0, 0.1) is 27.7 Å². The molecule has 4 rings (SSSR count). The summed E-state index contributed by atoms with van der Waals surface area (Å²) in [4.78, 5) is 0. The molecule has 4 aromatic heterocycles. The van der Waals surface area contributed by atoms with E-state index in [1.807, 2.05) is 29.8 Å². The van der Waals surface area contributed by atoms with Crippen molar-refractivity contribution in [3.05, 3.63) is 47.2 Å². The van der Waals surface area contributed by atoms with Gasteiger partial charge in [-0.25, -0.2) is 4.52 Å². The zero-order valence-electron chi connectivity index (χ0n) is 13.6. The van der Waals surface area contributed by atoms with Gasteiger partial charge in [-0.05, 0) is 45.9 Å². The number of aryl methyl sites for hydroxylation is 4. The minimum Gasteiger partial charge on any atom is -0.461 e. The summed E-state index contributed by atoms with van der Waals surface area (Å²) in [5, 5.41) is 7.27. The normalized spacial score (nSPS) is 11.9. The maximum atomic E-state index is 5.75. The quantitative estimate of drug-likeness (QED) is 0.524. The summed E-state index contributed by atoms with van der Waals surface area (Å²) < 4.78 is 9.96. The molecule has 0 saturated carbocycles. The lowest BCUT2D eigenvalue weighted by Gasteiger charge is -2.01. The SMILES string of the molecule is Cc1ccc(-c2cc3c4c(C)n(C)c(C)c4c(C)nn3c2)o1. The molecule has 4 heterocycles. The van der Waals surface area contributed by atoms with Crippen molar-refractivity contribution in [3.8, 4) is 11.3 Å². The molecule has 4 heteroatoms. The molecule has 0 unspecified atom stereocenters. The van der Waals surface area contributed by atoms with Crippen molar-refractivity contribution in [2.24, 2.45) is 7.05 Å². The third-order valence-corrected chi connectivity index (χ3v) is 4.68. The van der Waals surface area contributed by atoms with Gasteiger partial charge in [0.05, 0.1) is 11.2 Å². The first-order chi connectivity index (χ1) is 10.5. The molecular formula is C18H19N3O. The van der Waals surface area contributed by atoms with Crippen LogP contribution in [0.1, 0.15) is 22.8 Å². The van der Waals surface area contributed by atoms with E-state index in [4.69, 9.17) is 9.52 Å². The second kappa shape index (κ2) is 4.26. The van der Waals surface area contributed by atoms with Crippen LogP contribution in [0.4, 0.5) is 0 Å². The van der Waals surface area contributed by atoms with Crippen molar-refractivity contribution in [1.82, 2.24) is 14.2 Å². The minimum atomic E-state index is 0.888. The van der Waals surface area contributed by atoms with E-state index in [0.717, 1.165) is 28.3 Å². The van der Waals surface area contributed by atoms with Gasteiger partial charge in [-0.2, -0.15) is 5.10 Å². The Bertz CT molecular complexity index is 1030. The summed E-state index contributed by atoms with van der Waals surface area (Å²) >= 11 is 0. The second-order valence-electron chi connectivity index (χ2n) is 6.03. The number of fused-ring (bicyclic) bond motifs is 3. The van der Waals surface area contributed by atoms with E-state index in [1.54, 1.807) is 0 Å². The van der Waals surface area contributed by atoms with Crippen molar-refractivity contribution >= 4 is 16.3 Å². The van der Waals surface area contributed by atoms with Crippen LogP contribution in [-0.4, -0.2) is 14.2 Å². The van der Waals surface area contributed by atoms with Gasteiger partial charge in [0.2, 0.25) is 0 Å². The van der Waals surface area contributed by atoms with Gasteiger partial charge in [-0.3, -0.25) is 0 Å². The Hall–Kier alpha value is -2.49. The van der Waals surface area contributed by atoms with Gasteiger partial charge >= 0.3 is 0 Å². The molecule has 0 atom stereocenters. The Balaban J connectivity index is 2.12. The maximum Gasteiger partial charge on any atom is 0.135 e. The average Bonchev–Trinajstić information content (AvgIpc) is 3.13. The molecular weight excluding hydrogens is 274 g/mol. The molecule has 0 N–H and O–H groups in total. The summed E-state index contributed by atoms with van der Waals surface area (Å²) in [6, 6.07) is 6.17. The summed E-state index contributed by atoms with van der Waals surface area (Å²) in [6.07, 6.45) is 2.04. The Kier molecular flexibility index (Phi) is 2.55. The second-order valence-corrected chi connectivity index (χ2v) is 6.03. The minimum absolute atomic E-state index is 0.888. The van der Waals surface area contributed by atoms with Gasteiger partial charge in [-0.15, -0.1) is 0 Å². The highest BCUT2D eigenvalue weighted by atomic mass is 16.3. The summed E-state index contributed by atoms with van der Waals surface area (Å²) in [5.74, 6) is 1.81. The van der Waals surface area contributed by atoms with Crippen molar-refractivity contribution in [1.29, 1.82) is 0 Å². The average molecular weight is 293 g/mol. The summed E-state index contributed by atoms with van der Waals surface area (Å²) in [7, 11) is 2.11. The molecule has 0 bridgehead atoms. The lowest BCUT2D eigenvalue weighted by atomic mass is 10.1. The van der Waals surface area contributed by atoms with Crippen LogP contribution in [0.3, 0.4) is 0 Å². The van der Waals surface area contributed by atoms with E-state index in [2.05, 4.69) is 38.5 Å². The molecule has 0 radical (unpaired) electrons. The first-order valence-corrected chi connectivity index (χ1v) is 7.48. The van der Waals surface area contributed by atoms with Gasteiger partial charge in [-0.1, -0.05) is 0 Å². The molecule has 0 aromatic carbocycles. The Morgan fingerprint density at radius 3 is 2.41 bits per heavy atom. The maximum absolute atomic E-state index is 5.75. The molecule has 0 fully saturated rings. The molecule has 4 aromatic rings. The van der Waals surface area contributed by atoms with Gasteiger partial charge in [0.1, 0.15) is 11.5 Å². The van der Waals surface area contributed by atoms with E-state index in [1.165, 1.54) is 22.2 Å². The molecule has 4 nitrogen and oxygen atoms in total. The predicted octanol–water partition coefficient (Wildman–Crippen LogP) is 4.32. The first kappa shape index (κ1) is 13.2. The van der Waals surface area contributed by atoms with Crippen LogP contribution in [-0.2, 0) is 7.05 Å². The first-order valence-electron chi connectivity index (χ1n) is 7.48. The molecule has 0 amide bonds. The van der Waals surface area contributed by atoms with Crippen molar-refractivity contribution in [2.75, 3.05) is 0 Å². The molecule has 112 valence electrons. The number of hydrogen-bond donors (Lipinski definition) is 0. The van der Waals surface area contributed by atoms with E-state index in [9.17, 15) is 0 Å². The van der Waals surface area contributed by atoms with Gasteiger partial charge in [0, 0.05) is 41.0 Å². The molecule has 0 aliphatic carbocycles. The van der Waals surface area contributed by atoms with Crippen LogP contribution in [0.2, 0.25) is 0 Å². The van der Waals surface area contributed by atoms with Crippen LogP contribution in [0.5, 0.6) is 0 Å². The van der Waals surface area contributed by atoms with Gasteiger partial charge in [0.15, 0.2) is 0 Å². The van der Waals surface area contributed by atoms with Gasteiger partial charge < -0.3 is 8.98 Å². The van der Waals surface area contributed by atoms with E-state index < -0.39 is 0 Å². The molecule has 0 spiro atoms. The smallest absolute Gasteiger partial charge is 0.135 e. The highest BCUT2D eigenvalue weighted by molar-refractivity contribution is 6.02. The fourth-order valence-corrected chi connectivity index (χ4v) is 3.36. The Morgan fingerprint density at radius 1 is 1.00 bits per heavy atom. The third kappa shape index (κ3) is 1.61. The lowest BCUT2D eigenvalue weighted by Crippen LogP contribution is -1.94. The standard InChI is InChI=1S/C18H19N3O/c1-10-6-7-16(22-10)14-8-15-18-13(4)20(5)12(3)17(18)11(2)19-21(15)9-14/h6-9H,1-5H3. The van der Waals surface area contributed by atoms with E-state index in [0.29, 0.717) is 0 Å². The lowest BCUT2D eigenvalue weighted by molar-refractivity contribution is 0.548. The topological polar surface area (TPSA) is 35.4 Å².